The summed E-state index contributed by atoms with van der Waals surface area (Å²) in [5, 5.41) is 2.88. The van der Waals surface area contributed by atoms with Crippen molar-refractivity contribution in [3.63, 3.8) is 0 Å². The molecule has 0 aliphatic rings. The van der Waals surface area contributed by atoms with Crippen LogP contribution in [0.3, 0.4) is 0 Å². The molecule has 1 amide bonds. The number of hydrogen-bond acceptors (Lipinski definition) is 3. The predicted octanol–water partition coefficient (Wildman–Crippen LogP) is 4.62. The van der Waals surface area contributed by atoms with Crippen LogP contribution in [0.4, 0.5) is 5.69 Å². The van der Waals surface area contributed by atoms with Crippen LogP contribution in [-0.2, 0) is 11.4 Å². The Kier molecular flexibility index (Phi) is 5.78. The smallest absolute Gasteiger partial charge is 0.248 e. The molecule has 0 saturated carbocycles. The van der Waals surface area contributed by atoms with E-state index in [9.17, 15) is 4.79 Å². The van der Waals surface area contributed by atoms with Gasteiger partial charge in [-0.05, 0) is 54.0 Å². The van der Waals surface area contributed by atoms with Crippen LogP contribution in [0.5, 0.6) is 5.75 Å². The van der Waals surface area contributed by atoms with Gasteiger partial charge in [0.25, 0.3) is 0 Å². The number of nitrogens with zero attached hydrogens (tertiary/aromatic N) is 1. The molecule has 0 radical (unpaired) electrons. The summed E-state index contributed by atoms with van der Waals surface area (Å²) in [5.41, 5.74) is 3.71. The molecule has 0 fully saturated rings. The molecule has 2 aromatic carbocycles. The Bertz CT molecular complexity index is 891. The van der Waals surface area contributed by atoms with Gasteiger partial charge in [0.2, 0.25) is 5.91 Å². The van der Waals surface area contributed by atoms with Gasteiger partial charge in [-0.15, -0.1) is 0 Å². The fourth-order valence-electron chi connectivity index (χ4n) is 2.41. The van der Waals surface area contributed by atoms with E-state index in [-0.39, 0.29) is 5.91 Å². The SMILES string of the molecule is Cc1ccc(NC(=O)/C=C/c2ccncc2)c(OCc2ccccc2)c1. The van der Waals surface area contributed by atoms with Crippen molar-refractivity contribution in [3.05, 3.63) is 95.8 Å². The molecule has 26 heavy (non-hydrogen) atoms. The first-order valence-electron chi connectivity index (χ1n) is 8.37. The van der Waals surface area contributed by atoms with E-state index in [1.165, 1.54) is 6.08 Å². The Hall–Kier alpha value is -3.40. The minimum absolute atomic E-state index is 0.213. The maximum atomic E-state index is 12.2. The Morgan fingerprint density at radius 3 is 2.62 bits per heavy atom. The fourth-order valence-corrected chi connectivity index (χ4v) is 2.41. The Morgan fingerprint density at radius 2 is 1.85 bits per heavy atom. The first-order chi connectivity index (χ1) is 12.7. The van der Waals surface area contributed by atoms with Gasteiger partial charge in [0.15, 0.2) is 0 Å². The molecule has 0 saturated heterocycles. The van der Waals surface area contributed by atoms with Gasteiger partial charge in [-0.2, -0.15) is 0 Å². The highest BCUT2D eigenvalue weighted by atomic mass is 16.5. The molecule has 1 N–H and O–H groups in total. The summed E-state index contributed by atoms with van der Waals surface area (Å²) in [6.45, 7) is 2.43. The second-order valence-corrected chi connectivity index (χ2v) is 5.88. The molecular formula is C22H20N2O2. The minimum Gasteiger partial charge on any atom is -0.487 e. The highest BCUT2D eigenvalue weighted by molar-refractivity contribution is 6.02. The largest absolute Gasteiger partial charge is 0.487 e. The van der Waals surface area contributed by atoms with Gasteiger partial charge in [-0.25, -0.2) is 0 Å². The highest BCUT2D eigenvalue weighted by Gasteiger charge is 2.07. The first kappa shape index (κ1) is 17.4. The molecule has 0 aliphatic carbocycles. The van der Waals surface area contributed by atoms with Gasteiger partial charge in [0.1, 0.15) is 12.4 Å². The zero-order valence-corrected chi connectivity index (χ0v) is 14.6. The Balaban J connectivity index is 1.69. The van der Waals surface area contributed by atoms with E-state index in [0.29, 0.717) is 18.0 Å². The number of benzene rings is 2. The quantitative estimate of drug-likeness (QED) is 0.664. The van der Waals surface area contributed by atoms with Crippen molar-refractivity contribution in [2.75, 3.05) is 5.32 Å². The van der Waals surface area contributed by atoms with Crippen LogP contribution in [0.25, 0.3) is 6.08 Å². The van der Waals surface area contributed by atoms with Gasteiger partial charge < -0.3 is 10.1 Å². The maximum Gasteiger partial charge on any atom is 0.248 e. The van der Waals surface area contributed by atoms with Crippen molar-refractivity contribution in [1.29, 1.82) is 0 Å². The van der Waals surface area contributed by atoms with Gasteiger partial charge in [0, 0.05) is 18.5 Å². The van der Waals surface area contributed by atoms with Crippen LogP contribution in [0.15, 0.2) is 79.1 Å². The summed E-state index contributed by atoms with van der Waals surface area (Å²) >= 11 is 0. The number of ether oxygens (including phenoxy) is 1. The van der Waals surface area contributed by atoms with E-state index >= 15 is 0 Å². The molecule has 4 nitrogen and oxygen atoms in total. The molecule has 1 heterocycles. The van der Waals surface area contributed by atoms with Crippen molar-refractivity contribution in [3.8, 4) is 5.75 Å². The second kappa shape index (κ2) is 8.62. The van der Waals surface area contributed by atoms with E-state index in [1.54, 1.807) is 18.5 Å². The van der Waals surface area contributed by atoms with E-state index in [4.69, 9.17) is 4.74 Å². The van der Waals surface area contributed by atoms with Crippen LogP contribution in [0.2, 0.25) is 0 Å². The normalized spacial score (nSPS) is 10.7. The number of aryl methyl sites for hydroxylation is 1. The van der Waals surface area contributed by atoms with Crippen molar-refractivity contribution >= 4 is 17.7 Å². The average Bonchev–Trinajstić information content (AvgIpc) is 2.68. The molecule has 3 rings (SSSR count). The van der Waals surface area contributed by atoms with Gasteiger partial charge >= 0.3 is 0 Å². The summed E-state index contributed by atoms with van der Waals surface area (Å²) in [5.74, 6) is 0.440. The molecule has 0 spiro atoms. The van der Waals surface area contributed by atoms with Gasteiger partial charge in [0.05, 0.1) is 5.69 Å². The maximum absolute atomic E-state index is 12.2. The topological polar surface area (TPSA) is 51.2 Å². The lowest BCUT2D eigenvalue weighted by Crippen LogP contribution is -2.09. The molecule has 0 bridgehead atoms. The second-order valence-electron chi connectivity index (χ2n) is 5.88. The van der Waals surface area contributed by atoms with E-state index in [0.717, 1.165) is 16.7 Å². The first-order valence-corrected chi connectivity index (χ1v) is 8.37. The number of anilines is 1. The Labute approximate surface area is 153 Å². The third kappa shape index (κ3) is 5.05. The number of aromatic nitrogens is 1. The van der Waals surface area contributed by atoms with Crippen LogP contribution >= 0.6 is 0 Å². The molecule has 3 aromatic rings. The predicted molar refractivity (Wildman–Crippen MR) is 104 cm³/mol. The van der Waals surface area contributed by atoms with Crippen molar-refractivity contribution < 1.29 is 9.53 Å². The summed E-state index contributed by atoms with van der Waals surface area (Å²) < 4.78 is 5.92. The van der Waals surface area contributed by atoms with E-state index < -0.39 is 0 Å². The van der Waals surface area contributed by atoms with Crippen LogP contribution in [-0.4, -0.2) is 10.9 Å². The summed E-state index contributed by atoms with van der Waals surface area (Å²) in [6, 6.07) is 19.3. The molecule has 4 heteroatoms. The lowest BCUT2D eigenvalue weighted by Gasteiger charge is -2.13. The molecule has 1 aromatic heterocycles. The average molecular weight is 344 g/mol. The third-order valence-electron chi connectivity index (χ3n) is 3.77. The number of carbonyl (C=O) groups is 1. The number of nitrogens with one attached hydrogen (secondary N) is 1. The van der Waals surface area contributed by atoms with Crippen LogP contribution < -0.4 is 10.1 Å². The fraction of sp³-hybridized carbons (Fsp3) is 0.0909. The lowest BCUT2D eigenvalue weighted by atomic mass is 10.2. The van der Waals surface area contributed by atoms with Crippen molar-refractivity contribution in [1.82, 2.24) is 4.98 Å². The summed E-state index contributed by atoms with van der Waals surface area (Å²) in [4.78, 5) is 16.2. The number of carbonyl (C=O) groups excluding carboxylic acids is 1. The zero-order chi connectivity index (χ0) is 18.2. The van der Waals surface area contributed by atoms with Crippen LogP contribution in [0, 0.1) is 6.92 Å². The van der Waals surface area contributed by atoms with Crippen molar-refractivity contribution in [2.45, 2.75) is 13.5 Å². The number of amides is 1. The highest BCUT2D eigenvalue weighted by Crippen LogP contribution is 2.26. The molecule has 0 atom stereocenters. The van der Waals surface area contributed by atoms with Gasteiger partial charge in [-0.1, -0.05) is 36.4 Å². The van der Waals surface area contributed by atoms with E-state index in [2.05, 4.69) is 10.3 Å². The lowest BCUT2D eigenvalue weighted by molar-refractivity contribution is -0.111. The zero-order valence-electron chi connectivity index (χ0n) is 14.6. The number of hydrogen-bond donors (Lipinski definition) is 1. The molecular weight excluding hydrogens is 324 g/mol. The number of pyridine rings is 1. The minimum atomic E-state index is -0.213. The van der Waals surface area contributed by atoms with Crippen LogP contribution in [0.1, 0.15) is 16.7 Å². The number of rotatable bonds is 6. The van der Waals surface area contributed by atoms with Crippen molar-refractivity contribution in [2.24, 2.45) is 0 Å². The summed E-state index contributed by atoms with van der Waals surface area (Å²) in [6.07, 6.45) is 6.62. The van der Waals surface area contributed by atoms with E-state index in [1.807, 2.05) is 67.6 Å². The summed E-state index contributed by atoms with van der Waals surface area (Å²) in [7, 11) is 0. The Morgan fingerprint density at radius 1 is 1.08 bits per heavy atom. The molecule has 130 valence electrons. The van der Waals surface area contributed by atoms with Gasteiger partial charge in [-0.3, -0.25) is 9.78 Å². The standard InChI is InChI=1S/C22H20N2O2/c1-17-7-9-20(21(15-17)26-16-19-5-3-2-4-6-19)24-22(25)10-8-18-11-13-23-14-12-18/h2-15H,16H2,1H3,(H,24,25)/b10-8+. The molecule has 0 aliphatic heterocycles. The third-order valence-corrected chi connectivity index (χ3v) is 3.77. The monoisotopic (exact) mass is 344 g/mol. The molecule has 0 unspecified atom stereocenters.